The van der Waals surface area contributed by atoms with Crippen molar-refractivity contribution in [3.63, 3.8) is 0 Å². The van der Waals surface area contributed by atoms with Gasteiger partial charge in [0.25, 0.3) is 0 Å². The molecule has 2 aromatic carbocycles. The fourth-order valence-electron chi connectivity index (χ4n) is 2.62. The van der Waals surface area contributed by atoms with Crippen LogP contribution in [-0.4, -0.2) is 11.0 Å². The van der Waals surface area contributed by atoms with Crippen LogP contribution in [0.5, 0.6) is 11.5 Å². The second-order valence-electron chi connectivity index (χ2n) is 6.61. The van der Waals surface area contributed by atoms with E-state index in [-0.39, 0.29) is 23.3 Å². The molecule has 3 aromatic rings. The second-order valence-corrected chi connectivity index (χ2v) is 6.61. The number of amides is 2. The van der Waals surface area contributed by atoms with Crippen LogP contribution in [0.2, 0.25) is 0 Å². The van der Waals surface area contributed by atoms with Crippen LogP contribution in [0.25, 0.3) is 0 Å². The van der Waals surface area contributed by atoms with Crippen molar-refractivity contribution >= 4 is 17.4 Å². The molecular weight excluding hydrogens is 473 g/mol. The molecule has 0 unspecified atom stereocenters. The molecule has 176 valence electrons. The summed E-state index contributed by atoms with van der Waals surface area (Å²) < 4.78 is 97.3. The van der Waals surface area contributed by atoms with E-state index in [9.17, 15) is 35.5 Å². The van der Waals surface area contributed by atoms with Gasteiger partial charge in [-0.2, -0.15) is 31.6 Å². The summed E-state index contributed by atoms with van der Waals surface area (Å²) >= 11 is 0. The number of anilines is 2. The van der Waals surface area contributed by atoms with Gasteiger partial charge in [-0.05, 0) is 42.5 Å². The molecule has 0 saturated carbocycles. The van der Waals surface area contributed by atoms with Gasteiger partial charge in [0.15, 0.2) is 0 Å². The zero-order valence-electron chi connectivity index (χ0n) is 16.6. The maximum atomic E-state index is 14.1. The van der Waals surface area contributed by atoms with Crippen LogP contribution in [0.15, 0.2) is 54.7 Å². The second kappa shape index (κ2) is 9.26. The Labute approximate surface area is 186 Å². The average Bonchev–Trinajstić information content (AvgIpc) is 2.75. The maximum Gasteiger partial charge on any atom is 0.416 e. The van der Waals surface area contributed by atoms with E-state index in [1.807, 2.05) is 10.6 Å². The number of ether oxygens (including phenoxy) is 1. The van der Waals surface area contributed by atoms with Crippen LogP contribution in [0.3, 0.4) is 0 Å². The third-order valence-electron chi connectivity index (χ3n) is 4.12. The highest BCUT2D eigenvalue weighted by molar-refractivity contribution is 6.00. The number of nitrogens with zero attached hydrogens (tertiary/aromatic N) is 2. The highest BCUT2D eigenvalue weighted by Crippen LogP contribution is 2.37. The van der Waals surface area contributed by atoms with Crippen molar-refractivity contribution < 1.29 is 40.3 Å². The Morgan fingerprint density at radius 1 is 0.882 bits per heavy atom. The summed E-state index contributed by atoms with van der Waals surface area (Å²) in [6.07, 6.45) is -8.99. The highest BCUT2D eigenvalue weighted by Gasteiger charge is 2.37. The number of hydrogen-bond donors (Lipinski definition) is 2. The fourth-order valence-corrected chi connectivity index (χ4v) is 2.62. The molecule has 34 heavy (non-hydrogen) atoms. The minimum absolute atomic E-state index is 0.0154. The first-order valence-electron chi connectivity index (χ1n) is 9.06. The van der Waals surface area contributed by atoms with E-state index in [1.54, 1.807) is 6.07 Å². The van der Waals surface area contributed by atoms with Gasteiger partial charge >= 0.3 is 18.4 Å². The van der Waals surface area contributed by atoms with E-state index < -0.39 is 46.7 Å². The van der Waals surface area contributed by atoms with Crippen molar-refractivity contribution in [2.45, 2.75) is 12.4 Å². The number of nitriles is 1. The zero-order chi connectivity index (χ0) is 25.1. The number of carbonyl (C=O) groups is 1. The minimum atomic E-state index is -5.10. The Morgan fingerprint density at radius 3 is 2.03 bits per heavy atom. The summed E-state index contributed by atoms with van der Waals surface area (Å²) in [6.45, 7) is 0. The lowest BCUT2D eigenvalue weighted by atomic mass is 10.1. The Morgan fingerprint density at radius 2 is 1.50 bits per heavy atom. The largest absolute Gasteiger partial charge is 0.456 e. The SMILES string of the molecule is N#Cc1ccc(Oc2ccc(F)c(NC(=O)Nc3cc(C(F)(F)F)cc(C(F)(F)F)c3)c2)cn1. The number of hydrogen-bond acceptors (Lipinski definition) is 4. The van der Waals surface area contributed by atoms with Gasteiger partial charge in [-0.3, -0.25) is 0 Å². The molecule has 0 aliphatic carbocycles. The lowest BCUT2D eigenvalue weighted by molar-refractivity contribution is -0.143. The van der Waals surface area contributed by atoms with Crippen molar-refractivity contribution in [1.29, 1.82) is 5.26 Å². The van der Waals surface area contributed by atoms with E-state index in [0.717, 1.165) is 12.1 Å². The predicted molar refractivity (Wildman–Crippen MR) is 105 cm³/mol. The van der Waals surface area contributed by atoms with Gasteiger partial charge in [0.2, 0.25) is 0 Å². The van der Waals surface area contributed by atoms with Crippen LogP contribution in [0, 0.1) is 17.1 Å². The van der Waals surface area contributed by atoms with Crippen molar-refractivity contribution in [1.82, 2.24) is 4.98 Å². The molecule has 0 aliphatic rings. The van der Waals surface area contributed by atoms with Crippen LogP contribution in [-0.2, 0) is 12.4 Å². The lowest BCUT2D eigenvalue weighted by Gasteiger charge is -2.15. The molecule has 0 radical (unpaired) electrons. The van der Waals surface area contributed by atoms with Gasteiger partial charge in [-0.1, -0.05) is 0 Å². The first-order valence-corrected chi connectivity index (χ1v) is 9.06. The molecule has 0 aliphatic heterocycles. The standard InChI is InChI=1S/C21H11F7N4O2/c22-17-4-3-15(34-16-2-1-13(9-29)30-10-16)8-18(17)32-19(33)31-14-6-11(20(23,24)25)5-12(7-14)21(26,27)28/h1-8,10H,(H2,31,32,33). The van der Waals surface area contributed by atoms with Crippen LogP contribution in [0.1, 0.15) is 16.8 Å². The van der Waals surface area contributed by atoms with E-state index in [4.69, 9.17) is 10.00 Å². The normalized spacial score (nSPS) is 11.5. The molecule has 0 bridgehead atoms. The number of alkyl halides is 6. The molecule has 2 N–H and O–H groups in total. The monoisotopic (exact) mass is 484 g/mol. The van der Waals surface area contributed by atoms with Crippen molar-refractivity contribution in [2.75, 3.05) is 10.6 Å². The molecule has 13 heteroatoms. The van der Waals surface area contributed by atoms with E-state index in [1.165, 1.54) is 24.4 Å². The molecule has 3 rings (SSSR count). The first-order chi connectivity index (χ1) is 15.8. The molecule has 0 atom stereocenters. The average molecular weight is 484 g/mol. The topological polar surface area (TPSA) is 87.0 Å². The number of rotatable bonds is 4. The van der Waals surface area contributed by atoms with Crippen molar-refractivity contribution in [2.24, 2.45) is 0 Å². The summed E-state index contributed by atoms with van der Waals surface area (Å²) in [5.74, 6) is -0.772. The number of halogens is 7. The summed E-state index contributed by atoms with van der Waals surface area (Å²) in [4.78, 5) is 15.9. The zero-order valence-corrected chi connectivity index (χ0v) is 16.6. The Bertz CT molecular complexity index is 1220. The van der Waals surface area contributed by atoms with Gasteiger partial charge in [-0.25, -0.2) is 14.2 Å². The van der Waals surface area contributed by atoms with Crippen LogP contribution in [0.4, 0.5) is 46.9 Å². The van der Waals surface area contributed by atoms with Crippen LogP contribution >= 0.6 is 0 Å². The van der Waals surface area contributed by atoms with Crippen molar-refractivity contribution in [3.05, 3.63) is 77.4 Å². The van der Waals surface area contributed by atoms with Crippen LogP contribution < -0.4 is 15.4 Å². The number of benzene rings is 2. The highest BCUT2D eigenvalue weighted by atomic mass is 19.4. The first kappa shape index (κ1) is 24.3. The summed E-state index contributed by atoms with van der Waals surface area (Å²) in [7, 11) is 0. The van der Waals surface area contributed by atoms with Gasteiger partial charge in [0, 0.05) is 11.8 Å². The van der Waals surface area contributed by atoms with Crippen molar-refractivity contribution in [3.8, 4) is 17.6 Å². The Balaban J connectivity index is 1.79. The van der Waals surface area contributed by atoms with Gasteiger partial charge < -0.3 is 15.4 Å². The van der Waals surface area contributed by atoms with E-state index >= 15 is 0 Å². The van der Waals surface area contributed by atoms with Gasteiger partial charge in [0.1, 0.15) is 29.1 Å². The van der Waals surface area contributed by atoms with Gasteiger partial charge in [0.05, 0.1) is 23.0 Å². The molecule has 0 spiro atoms. The lowest BCUT2D eigenvalue weighted by Crippen LogP contribution is -2.21. The number of nitrogens with one attached hydrogen (secondary N) is 2. The molecule has 1 heterocycles. The summed E-state index contributed by atoms with van der Waals surface area (Å²) in [5.41, 5.74) is -4.42. The third-order valence-corrected chi connectivity index (χ3v) is 4.12. The Kier molecular flexibility index (Phi) is 6.62. The number of carbonyl (C=O) groups excluding carboxylic acids is 1. The minimum Gasteiger partial charge on any atom is -0.456 e. The van der Waals surface area contributed by atoms with E-state index in [0.29, 0.717) is 12.1 Å². The summed E-state index contributed by atoms with van der Waals surface area (Å²) in [5, 5.41) is 12.6. The third kappa shape index (κ3) is 6.12. The molecule has 2 amide bonds. The van der Waals surface area contributed by atoms with E-state index in [2.05, 4.69) is 4.98 Å². The molecule has 0 saturated heterocycles. The molecule has 0 fully saturated rings. The molecular formula is C21H11F7N4O2. The Hall–Kier alpha value is -4.34. The molecule has 1 aromatic heterocycles. The fraction of sp³-hybridized carbons (Fsp3) is 0.0952. The maximum absolute atomic E-state index is 14.1. The quantitative estimate of drug-likeness (QED) is 0.411. The summed E-state index contributed by atoms with van der Waals surface area (Å²) in [6, 6.07) is 6.91. The number of aromatic nitrogens is 1. The number of urea groups is 1. The number of pyridine rings is 1. The smallest absolute Gasteiger partial charge is 0.416 e. The molecule has 6 nitrogen and oxygen atoms in total. The predicted octanol–water partition coefficient (Wildman–Crippen LogP) is 6.57. The van der Waals surface area contributed by atoms with Gasteiger partial charge in [-0.15, -0.1) is 0 Å².